The summed E-state index contributed by atoms with van der Waals surface area (Å²) in [6.45, 7) is 0. The summed E-state index contributed by atoms with van der Waals surface area (Å²) < 4.78 is 62.5. The van der Waals surface area contributed by atoms with Crippen LogP contribution in [0.15, 0.2) is 24.3 Å². The third-order valence-corrected chi connectivity index (χ3v) is 2.01. The first-order chi connectivity index (χ1) is 6.72. The van der Waals surface area contributed by atoms with Crippen LogP contribution in [-0.2, 0) is 6.42 Å². The van der Waals surface area contributed by atoms with Crippen molar-refractivity contribution >= 4 is 11.6 Å². The summed E-state index contributed by atoms with van der Waals surface area (Å²) in [7, 11) is 0. The summed E-state index contributed by atoms with van der Waals surface area (Å²) in [5.74, 6) is -5.16. The molecule has 0 saturated carbocycles. The van der Waals surface area contributed by atoms with Gasteiger partial charge in [0.1, 0.15) is 5.82 Å². The van der Waals surface area contributed by atoms with Crippen molar-refractivity contribution in [3.63, 3.8) is 0 Å². The van der Waals surface area contributed by atoms with Crippen molar-refractivity contribution in [2.75, 3.05) is 0 Å². The highest BCUT2D eigenvalue weighted by atomic mass is 35.5. The van der Waals surface area contributed by atoms with E-state index in [0.29, 0.717) is 0 Å². The van der Waals surface area contributed by atoms with Gasteiger partial charge in [-0.05, 0) is 29.3 Å². The lowest BCUT2D eigenvalue weighted by molar-refractivity contribution is -0.155. The van der Waals surface area contributed by atoms with Gasteiger partial charge in [0.2, 0.25) is 0 Å². The lowest BCUT2D eigenvalue weighted by atomic mass is 10.1. The van der Waals surface area contributed by atoms with Crippen molar-refractivity contribution in [3.05, 3.63) is 35.6 Å². The van der Waals surface area contributed by atoms with Gasteiger partial charge < -0.3 is 0 Å². The highest BCUT2D eigenvalue weighted by molar-refractivity contribution is 6.22. The van der Waals surface area contributed by atoms with Crippen LogP contribution in [0.1, 0.15) is 5.56 Å². The minimum Gasteiger partial charge on any atom is -0.207 e. The predicted octanol–water partition coefficient (Wildman–Crippen LogP) is 3.84. The molecule has 0 aromatic heterocycles. The molecule has 0 unspecified atom stereocenters. The van der Waals surface area contributed by atoms with E-state index < -0.39 is 23.5 Å². The van der Waals surface area contributed by atoms with Crippen molar-refractivity contribution in [2.45, 2.75) is 17.7 Å². The van der Waals surface area contributed by atoms with Gasteiger partial charge in [-0.2, -0.15) is 17.6 Å². The van der Waals surface area contributed by atoms with E-state index >= 15 is 0 Å². The van der Waals surface area contributed by atoms with Gasteiger partial charge in [0.25, 0.3) is 0 Å². The minimum absolute atomic E-state index is 0.236. The van der Waals surface area contributed by atoms with Gasteiger partial charge in [0.15, 0.2) is 0 Å². The van der Waals surface area contributed by atoms with E-state index in [1.807, 2.05) is 0 Å². The lowest BCUT2D eigenvalue weighted by Crippen LogP contribution is -2.37. The SMILES string of the molecule is Fc1cccc(CC(F)(F)C(F)(F)Cl)c1. The zero-order valence-corrected chi connectivity index (χ0v) is 8.04. The Morgan fingerprint density at radius 2 is 1.73 bits per heavy atom. The highest BCUT2D eigenvalue weighted by Crippen LogP contribution is 2.39. The fourth-order valence-corrected chi connectivity index (χ4v) is 1.07. The number of rotatable bonds is 3. The molecule has 0 nitrogen and oxygen atoms in total. The van der Waals surface area contributed by atoms with Crippen LogP contribution < -0.4 is 0 Å². The first-order valence-corrected chi connectivity index (χ1v) is 4.29. The first-order valence-electron chi connectivity index (χ1n) is 3.91. The third-order valence-electron chi connectivity index (χ3n) is 1.73. The Labute approximate surface area is 87.7 Å². The Morgan fingerprint density at radius 1 is 1.13 bits per heavy atom. The van der Waals surface area contributed by atoms with Crippen LogP contribution in [0.2, 0.25) is 0 Å². The number of hydrogen-bond acceptors (Lipinski definition) is 0. The van der Waals surface area contributed by atoms with Gasteiger partial charge in [-0.3, -0.25) is 0 Å². The topological polar surface area (TPSA) is 0 Å². The fourth-order valence-electron chi connectivity index (χ4n) is 1.00. The molecule has 0 spiro atoms. The third kappa shape index (κ3) is 3.06. The molecule has 15 heavy (non-hydrogen) atoms. The van der Waals surface area contributed by atoms with Crippen molar-refractivity contribution in [3.8, 4) is 0 Å². The van der Waals surface area contributed by atoms with Gasteiger partial charge >= 0.3 is 11.3 Å². The van der Waals surface area contributed by atoms with Crippen molar-refractivity contribution in [1.29, 1.82) is 0 Å². The molecule has 1 aromatic rings. The quantitative estimate of drug-likeness (QED) is 0.560. The molecule has 1 rings (SSSR count). The van der Waals surface area contributed by atoms with E-state index in [1.54, 1.807) is 0 Å². The van der Waals surface area contributed by atoms with Crippen molar-refractivity contribution in [1.82, 2.24) is 0 Å². The summed E-state index contributed by atoms with van der Waals surface area (Å²) in [5.41, 5.74) is -0.236. The van der Waals surface area contributed by atoms with Gasteiger partial charge in [-0.15, -0.1) is 0 Å². The van der Waals surface area contributed by atoms with Crippen LogP contribution in [0.5, 0.6) is 0 Å². The Hall–Kier alpha value is -0.840. The molecule has 0 bridgehead atoms. The van der Waals surface area contributed by atoms with E-state index in [-0.39, 0.29) is 5.56 Å². The lowest BCUT2D eigenvalue weighted by Gasteiger charge is -2.20. The summed E-state index contributed by atoms with van der Waals surface area (Å²) in [6.07, 6.45) is -1.30. The molecule has 0 aliphatic heterocycles. The highest BCUT2D eigenvalue weighted by Gasteiger charge is 2.54. The molecule has 0 radical (unpaired) electrons. The van der Waals surface area contributed by atoms with Gasteiger partial charge in [0.05, 0.1) is 0 Å². The molecule has 0 heterocycles. The maximum atomic E-state index is 12.7. The van der Waals surface area contributed by atoms with E-state index in [9.17, 15) is 22.0 Å². The fraction of sp³-hybridized carbons (Fsp3) is 0.333. The second-order valence-corrected chi connectivity index (χ2v) is 3.48. The molecule has 0 atom stereocenters. The second kappa shape index (κ2) is 3.96. The number of alkyl halides is 5. The van der Waals surface area contributed by atoms with Gasteiger partial charge in [-0.25, -0.2) is 4.39 Å². The monoisotopic (exact) mass is 244 g/mol. The Bertz CT molecular complexity index is 345. The van der Waals surface area contributed by atoms with E-state index in [0.717, 1.165) is 24.3 Å². The van der Waals surface area contributed by atoms with Crippen LogP contribution in [-0.4, -0.2) is 11.3 Å². The van der Waals surface area contributed by atoms with E-state index in [2.05, 4.69) is 11.6 Å². The molecule has 0 N–H and O–H groups in total. The molecule has 0 aliphatic rings. The van der Waals surface area contributed by atoms with Crippen LogP contribution >= 0.6 is 11.6 Å². The average Bonchev–Trinajstić information content (AvgIpc) is 2.00. The molecule has 0 saturated heterocycles. The molecule has 1 aromatic carbocycles. The van der Waals surface area contributed by atoms with Crippen LogP contribution in [0.3, 0.4) is 0 Å². The van der Waals surface area contributed by atoms with Gasteiger partial charge in [-0.1, -0.05) is 12.1 Å². The standard InChI is InChI=1S/C9H6ClF5/c10-9(14,15)8(12,13)5-6-2-1-3-7(11)4-6/h1-4H,5H2. The van der Waals surface area contributed by atoms with Crippen LogP contribution in [0, 0.1) is 5.82 Å². The maximum Gasteiger partial charge on any atom is 0.384 e. The summed E-state index contributed by atoms with van der Waals surface area (Å²) in [6, 6.07) is 4.07. The number of benzene rings is 1. The largest absolute Gasteiger partial charge is 0.384 e. The zero-order valence-electron chi connectivity index (χ0n) is 7.28. The molecular formula is C9H6ClF5. The summed E-state index contributed by atoms with van der Waals surface area (Å²) >= 11 is 4.24. The van der Waals surface area contributed by atoms with E-state index in [1.165, 1.54) is 0 Å². The van der Waals surface area contributed by atoms with Crippen LogP contribution in [0.4, 0.5) is 22.0 Å². The van der Waals surface area contributed by atoms with Crippen molar-refractivity contribution < 1.29 is 22.0 Å². The summed E-state index contributed by atoms with van der Waals surface area (Å²) in [5, 5.41) is -4.64. The van der Waals surface area contributed by atoms with Crippen LogP contribution in [0.25, 0.3) is 0 Å². The summed E-state index contributed by atoms with van der Waals surface area (Å²) in [4.78, 5) is 0. The molecule has 6 heteroatoms. The molecule has 0 amide bonds. The zero-order chi connectivity index (χ0) is 11.7. The van der Waals surface area contributed by atoms with Crippen molar-refractivity contribution in [2.24, 2.45) is 0 Å². The normalized spacial score (nSPS) is 12.9. The number of hydrogen-bond donors (Lipinski definition) is 0. The number of halogens is 6. The smallest absolute Gasteiger partial charge is 0.207 e. The first kappa shape index (κ1) is 12.2. The maximum absolute atomic E-state index is 12.7. The van der Waals surface area contributed by atoms with Gasteiger partial charge in [0, 0.05) is 6.42 Å². The molecule has 0 aliphatic carbocycles. The Morgan fingerprint density at radius 3 is 2.20 bits per heavy atom. The minimum atomic E-state index is -4.64. The second-order valence-electron chi connectivity index (χ2n) is 3.01. The van der Waals surface area contributed by atoms with E-state index in [4.69, 9.17) is 0 Å². The molecule has 0 fully saturated rings. The average molecular weight is 245 g/mol. The predicted molar refractivity (Wildman–Crippen MR) is 45.9 cm³/mol. The Kier molecular flexibility index (Phi) is 3.23. The molecule has 84 valence electrons. The molecular weight excluding hydrogens is 239 g/mol. The Balaban J connectivity index is 2.87.